The van der Waals surface area contributed by atoms with E-state index >= 15 is 0 Å². The van der Waals surface area contributed by atoms with Gasteiger partial charge >= 0.3 is 0 Å². The van der Waals surface area contributed by atoms with Crippen molar-refractivity contribution in [1.29, 1.82) is 0 Å². The molecule has 1 aliphatic heterocycles. The molecule has 2 rings (SSSR count). The molecule has 1 aliphatic rings. The van der Waals surface area contributed by atoms with Crippen LogP contribution >= 0.6 is 0 Å². The molecule has 0 radical (unpaired) electrons. The molecule has 1 saturated heterocycles. The summed E-state index contributed by atoms with van der Waals surface area (Å²) in [7, 11) is -3.16. The second-order valence-electron chi connectivity index (χ2n) is 7.04. The van der Waals surface area contributed by atoms with Crippen LogP contribution in [0.15, 0.2) is 18.2 Å². The normalized spacial score (nSPS) is 17.7. The summed E-state index contributed by atoms with van der Waals surface area (Å²) >= 11 is 0. The molecule has 1 N–H and O–H groups in total. The van der Waals surface area contributed by atoms with Crippen LogP contribution in [0.25, 0.3) is 0 Å². The topological polar surface area (TPSA) is 75.7 Å². The molecular formula is C19H30N2O4S. The highest BCUT2D eigenvalue weighted by Crippen LogP contribution is 2.20. The largest absolute Gasteiger partial charge is 0.491 e. The van der Waals surface area contributed by atoms with Crippen LogP contribution in [0.2, 0.25) is 0 Å². The Morgan fingerprint density at radius 1 is 1.27 bits per heavy atom. The van der Waals surface area contributed by atoms with E-state index in [1.807, 2.05) is 32.0 Å². The Hall–Kier alpha value is -1.60. The predicted octanol–water partition coefficient (Wildman–Crippen LogP) is 2.25. The maximum absolute atomic E-state index is 12.4. The first-order valence-corrected chi connectivity index (χ1v) is 10.8. The maximum atomic E-state index is 12.4. The first-order chi connectivity index (χ1) is 12.2. The first kappa shape index (κ1) is 20.7. The van der Waals surface area contributed by atoms with Gasteiger partial charge in [0.2, 0.25) is 15.9 Å². The van der Waals surface area contributed by atoms with Crippen molar-refractivity contribution in [2.45, 2.75) is 46.6 Å². The zero-order valence-electron chi connectivity index (χ0n) is 16.1. The molecule has 1 heterocycles. The third kappa shape index (κ3) is 5.45. The molecule has 1 fully saturated rings. The lowest BCUT2D eigenvalue weighted by Gasteiger charge is -2.30. The van der Waals surface area contributed by atoms with E-state index in [1.54, 1.807) is 6.92 Å². The van der Waals surface area contributed by atoms with Crippen molar-refractivity contribution in [3.63, 3.8) is 0 Å². The standard InChI is InChI=1S/C19H30N2O4S/c1-5-26(23,24)21-10-8-17(9-11-21)19(22)20-16(4)13-25-18-7-6-14(2)15(3)12-18/h6-7,12,16-17H,5,8-11,13H2,1-4H3,(H,20,22)/t16-/m0/s1. The number of nitrogens with zero attached hydrogens (tertiary/aromatic N) is 1. The van der Waals surface area contributed by atoms with Gasteiger partial charge in [0, 0.05) is 19.0 Å². The van der Waals surface area contributed by atoms with Crippen LogP contribution in [0.1, 0.15) is 37.8 Å². The van der Waals surface area contributed by atoms with Crippen LogP contribution in [0.5, 0.6) is 5.75 Å². The third-order valence-electron chi connectivity index (χ3n) is 4.95. The number of hydrogen-bond acceptors (Lipinski definition) is 4. The van der Waals surface area contributed by atoms with Gasteiger partial charge in [-0.15, -0.1) is 0 Å². The maximum Gasteiger partial charge on any atom is 0.223 e. The highest BCUT2D eigenvalue weighted by atomic mass is 32.2. The van der Waals surface area contributed by atoms with Crippen molar-refractivity contribution in [2.75, 3.05) is 25.4 Å². The molecule has 0 saturated carbocycles. The SMILES string of the molecule is CCS(=O)(=O)N1CCC(C(=O)N[C@@H](C)COc2ccc(C)c(C)c2)CC1. The fourth-order valence-electron chi connectivity index (χ4n) is 3.01. The Bertz CT molecular complexity index is 725. The molecule has 0 spiro atoms. The van der Waals surface area contributed by atoms with Gasteiger partial charge in [-0.05, 0) is 63.8 Å². The molecule has 0 unspecified atom stereocenters. The number of rotatable bonds is 7. The van der Waals surface area contributed by atoms with E-state index in [-0.39, 0.29) is 23.6 Å². The average Bonchev–Trinajstić information content (AvgIpc) is 2.62. The molecule has 1 aromatic rings. The van der Waals surface area contributed by atoms with Crippen LogP contribution in [-0.4, -0.2) is 50.1 Å². The number of nitrogens with one attached hydrogen (secondary N) is 1. The van der Waals surface area contributed by atoms with Gasteiger partial charge in [0.15, 0.2) is 0 Å². The quantitative estimate of drug-likeness (QED) is 0.785. The summed E-state index contributed by atoms with van der Waals surface area (Å²) in [6.45, 7) is 8.89. The number of benzene rings is 1. The number of hydrogen-bond donors (Lipinski definition) is 1. The first-order valence-electron chi connectivity index (χ1n) is 9.21. The molecule has 0 bridgehead atoms. The van der Waals surface area contributed by atoms with Crippen molar-refractivity contribution < 1.29 is 17.9 Å². The van der Waals surface area contributed by atoms with Gasteiger partial charge in [-0.1, -0.05) is 6.07 Å². The number of aryl methyl sites for hydroxylation is 2. The van der Waals surface area contributed by atoms with E-state index in [2.05, 4.69) is 12.2 Å². The number of sulfonamides is 1. The summed E-state index contributed by atoms with van der Waals surface area (Å²) in [6, 6.07) is 5.84. The molecular weight excluding hydrogens is 352 g/mol. The number of piperidine rings is 1. The second kappa shape index (κ2) is 8.86. The summed E-state index contributed by atoms with van der Waals surface area (Å²) in [5.41, 5.74) is 2.39. The summed E-state index contributed by atoms with van der Waals surface area (Å²) in [5.74, 6) is 0.751. The minimum atomic E-state index is -3.16. The number of amides is 1. The summed E-state index contributed by atoms with van der Waals surface area (Å²) < 4.78 is 31.0. The van der Waals surface area contributed by atoms with Crippen LogP contribution in [0.4, 0.5) is 0 Å². The van der Waals surface area contributed by atoms with Crippen molar-refractivity contribution in [3.05, 3.63) is 29.3 Å². The lowest BCUT2D eigenvalue weighted by molar-refractivity contribution is -0.126. The Balaban J connectivity index is 1.78. The Kier molecular flexibility index (Phi) is 7.06. The molecule has 0 aliphatic carbocycles. The van der Waals surface area contributed by atoms with Crippen LogP contribution in [0.3, 0.4) is 0 Å². The molecule has 26 heavy (non-hydrogen) atoms. The van der Waals surface area contributed by atoms with Gasteiger partial charge in [-0.3, -0.25) is 4.79 Å². The zero-order valence-corrected chi connectivity index (χ0v) is 16.9. The predicted molar refractivity (Wildman–Crippen MR) is 103 cm³/mol. The number of carbonyl (C=O) groups excluding carboxylic acids is 1. The van der Waals surface area contributed by atoms with Gasteiger partial charge in [0.05, 0.1) is 11.8 Å². The highest BCUT2D eigenvalue weighted by molar-refractivity contribution is 7.89. The summed E-state index contributed by atoms with van der Waals surface area (Å²) in [6.07, 6.45) is 1.13. The van der Waals surface area contributed by atoms with E-state index in [0.29, 0.717) is 32.5 Å². The van der Waals surface area contributed by atoms with Crippen LogP contribution in [0, 0.1) is 19.8 Å². The highest BCUT2D eigenvalue weighted by Gasteiger charge is 2.30. The lowest BCUT2D eigenvalue weighted by Crippen LogP contribution is -2.46. The van der Waals surface area contributed by atoms with Gasteiger partial charge in [0.25, 0.3) is 0 Å². The fourth-order valence-corrected chi connectivity index (χ4v) is 4.14. The summed E-state index contributed by atoms with van der Waals surface area (Å²) in [4.78, 5) is 12.4. The molecule has 146 valence electrons. The molecule has 1 aromatic carbocycles. The van der Waals surface area contributed by atoms with Crippen LogP contribution < -0.4 is 10.1 Å². The van der Waals surface area contributed by atoms with Crippen molar-refractivity contribution >= 4 is 15.9 Å². The molecule has 7 heteroatoms. The number of ether oxygens (including phenoxy) is 1. The Morgan fingerprint density at radius 2 is 1.92 bits per heavy atom. The number of carbonyl (C=O) groups is 1. The second-order valence-corrected chi connectivity index (χ2v) is 9.30. The van der Waals surface area contributed by atoms with Gasteiger partial charge < -0.3 is 10.1 Å². The van der Waals surface area contributed by atoms with Crippen molar-refractivity contribution in [2.24, 2.45) is 5.92 Å². The average molecular weight is 383 g/mol. The van der Waals surface area contributed by atoms with Gasteiger partial charge in [-0.2, -0.15) is 0 Å². The van der Waals surface area contributed by atoms with Crippen molar-refractivity contribution in [3.8, 4) is 5.75 Å². The smallest absolute Gasteiger partial charge is 0.223 e. The molecule has 1 amide bonds. The lowest BCUT2D eigenvalue weighted by atomic mass is 9.97. The van der Waals surface area contributed by atoms with E-state index in [0.717, 1.165) is 5.75 Å². The third-order valence-corrected chi connectivity index (χ3v) is 6.83. The van der Waals surface area contributed by atoms with Gasteiger partial charge in [-0.25, -0.2) is 12.7 Å². The Labute approximate surface area is 157 Å². The van der Waals surface area contributed by atoms with E-state index in [4.69, 9.17) is 4.74 Å². The van der Waals surface area contributed by atoms with E-state index < -0.39 is 10.0 Å². The van der Waals surface area contributed by atoms with Crippen LogP contribution in [-0.2, 0) is 14.8 Å². The Morgan fingerprint density at radius 3 is 2.50 bits per heavy atom. The summed E-state index contributed by atoms with van der Waals surface area (Å²) in [5, 5.41) is 2.98. The van der Waals surface area contributed by atoms with E-state index in [9.17, 15) is 13.2 Å². The monoisotopic (exact) mass is 382 g/mol. The molecule has 0 aromatic heterocycles. The minimum absolute atomic E-state index is 0.0188. The minimum Gasteiger partial charge on any atom is -0.491 e. The van der Waals surface area contributed by atoms with Crippen molar-refractivity contribution in [1.82, 2.24) is 9.62 Å². The molecule has 1 atom stereocenters. The molecule has 6 nitrogen and oxygen atoms in total. The van der Waals surface area contributed by atoms with E-state index in [1.165, 1.54) is 15.4 Å². The zero-order chi connectivity index (χ0) is 19.3. The van der Waals surface area contributed by atoms with Gasteiger partial charge in [0.1, 0.15) is 12.4 Å². The fraction of sp³-hybridized carbons (Fsp3) is 0.632.